The Labute approximate surface area is 454 Å². The Hall–Kier alpha value is -5.58. The third kappa shape index (κ3) is 7.09. The molecule has 3 aliphatic carbocycles. The smallest absolute Gasteiger partial charge is 0.252 e. The van der Waals surface area contributed by atoms with E-state index >= 15 is 0 Å². The van der Waals surface area contributed by atoms with Crippen LogP contribution in [0.25, 0.3) is 31.3 Å². The number of anilines is 6. The Bertz CT molecular complexity index is 3790. The monoisotopic (exact) mass is 1000 g/mol. The Balaban J connectivity index is 1.18. The van der Waals surface area contributed by atoms with Crippen LogP contribution in [0.5, 0.6) is 0 Å². The number of aryl methyl sites for hydroxylation is 2. The minimum Gasteiger partial charge on any atom is -0.311 e. The van der Waals surface area contributed by atoms with E-state index in [9.17, 15) is 0 Å². The van der Waals surface area contributed by atoms with Gasteiger partial charge in [0.05, 0.1) is 0 Å². The van der Waals surface area contributed by atoms with Crippen LogP contribution < -0.4 is 26.2 Å². The van der Waals surface area contributed by atoms with Gasteiger partial charge in [-0.1, -0.05) is 165 Å². The van der Waals surface area contributed by atoms with Crippen LogP contribution in [0.3, 0.4) is 0 Å². The van der Waals surface area contributed by atoms with Crippen LogP contribution in [0.2, 0.25) is 0 Å². The highest BCUT2D eigenvalue weighted by atomic mass is 32.1. The molecular weight excluding hydrogens is 924 g/mol. The summed E-state index contributed by atoms with van der Waals surface area (Å²) in [6.07, 6.45) is 5.86. The standard InChI is InChI=1S/C71H79BN2S/c1-41-31-47-50(68(10,11)29-27-66(47,6)7)37-56(41)73-55-26-25-43(45-22-20-24-62-63(45)46-21-18-19-23-61(46)75-62)33-53(55)72-54-36-49-52(71(16,17)40-70(49,14)15)39-58(54)74(60-35-44(65(3,4)5)34-59(73)64(60)72)57-38-51-48(32-42(57)2)67(8,9)28-30-69(51,12)13/h18-26,31-39H,27-30,40H2,1-17H3. The first kappa shape index (κ1) is 49.0. The third-order valence-electron chi connectivity index (χ3n) is 19.9. The maximum absolute atomic E-state index is 2.78. The second kappa shape index (κ2) is 15.6. The molecule has 382 valence electrons. The Morgan fingerprint density at radius 2 is 0.907 bits per heavy atom. The molecule has 0 bridgehead atoms. The van der Waals surface area contributed by atoms with Crippen molar-refractivity contribution in [3.63, 3.8) is 0 Å². The van der Waals surface area contributed by atoms with Crippen LogP contribution in [-0.2, 0) is 37.9 Å². The van der Waals surface area contributed by atoms with Crippen molar-refractivity contribution in [2.45, 2.75) is 188 Å². The van der Waals surface area contributed by atoms with Crippen LogP contribution >= 0.6 is 11.3 Å². The van der Waals surface area contributed by atoms with Crippen molar-refractivity contribution in [1.29, 1.82) is 0 Å². The summed E-state index contributed by atoms with van der Waals surface area (Å²) in [7, 11) is 0. The predicted molar refractivity (Wildman–Crippen MR) is 328 cm³/mol. The quantitative estimate of drug-likeness (QED) is 0.163. The molecule has 0 radical (unpaired) electrons. The van der Waals surface area contributed by atoms with Crippen molar-refractivity contribution in [2.75, 3.05) is 9.80 Å². The van der Waals surface area contributed by atoms with Gasteiger partial charge in [-0.05, 0) is 210 Å². The van der Waals surface area contributed by atoms with Crippen molar-refractivity contribution in [3.8, 4) is 11.1 Å². The average molecular weight is 1000 g/mol. The summed E-state index contributed by atoms with van der Waals surface area (Å²) in [6.45, 7) is 41.9. The van der Waals surface area contributed by atoms with E-state index in [4.69, 9.17) is 0 Å². The van der Waals surface area contributed by atoms with Crippen LogP contribution in [-0.4, -0.2) is 6.71 Å². The van der Waals surface area contributed by atoms with Gasteiger partial charge in [-0.25, -0.2) is 0 Å². The Morgan fingerprint density at radius 3 is 1.47 bits per heavy atom. The zero-order valence-corrected chi connectivity index (χ0v) is 49.1. The summed E-state index contributed by atoms with van der Waals surface area (Å²) in [4.78, 5) is 5.53. The van der Waals surface area contributed by atoms with Crippen molar-refractivity contribution >= 4 is 88.7 Å². The average Bonchev–Trinajstić information content (AvgIpc) is 3.85. The van der Waals surface area contributed by atoms with Crippen LogP contribution in [0.4, 0.5) is 34.1 Å². The fourth-order valence-corrected chi connectivity index (χ4v) is 16.6. The van der Waals surface area contributed by atoms with E-state index in [0.717, 1.165) is 6.42 Å². The molecule has 0 atom stereocenters. The molecule has 0 fully saturated rings. The molecule has 0 saturated heterocycles. The molecule has 1 aromatic heterocycles. The van der Waals surface area contributed by atoms with E-state index in [1.54, 1.807) is 0 Å². The van der Waals surface area contributed by atoms with Crippen molar-refractivity contribution in [2.24, 2.45) is 0 Å². The first-order valence-electron chi connectivity index (χ1n) is 28.4. The largest absolute Gasteiger partial charge is 0.311 e. The zero-order chi connectivity index (χ0) is 53.1. The summed E-state index contributed by atoms with van der Waals surface area (Å²) in [6, 6.07) is 44.7. The van der Waals surface area contributed by atoms with Gasteiger partial charge in [-0.3, -0.25) is 0 Å². The lowest BCUT2D eigenvalue weighted by Crippen LogP contribution is -2.62. The third-order valence-corrected chi connectivity index (χ3v) is 21.1. The second-order valence-electron chi connectivity index (χ2n) is 29.1. The van der Waals surface area contributed by atoms with E-state index < -0.39 is 0 Å². The molecule has 2 aliphatic heterocycles. The number of nitrogens with zero attached hydrogens (tertiary/aromatic N) is 2. The number of fused-ring (bicyclic) bond motifs is 10. The number of thiophene rings is 1. The van der Waals surface area contributed by atoms with Crippen molar-refractivity contribution in [1.82, 2.24) is 0 Å². The minimum atomic E-state index is -0.122. The zero-order valence-electron chi connectivity index (χ0n) is 48.3. The normalized spacial score (nSPS) is 19.8. The summed E-state index contributed by atoms with van der Waals surface area (Å²) < 4.78 is 2.69. The Kier molecular flexibility index (Phi) is 10.2. The summed E-state index contributed by atoms with van der Waals surface area (Å²) >= 11 is 1.91. The number of hydrogen-bond acceptors (Lipinski definition) is 3. The van der Waals surface area contributed by atoms with Gasteiger partial charge < -0.3 is 9.80 Å². The fourth-order valence-electron chi connectivity index (χ4n) is 15.5. The van der Waals surface area contributed by atoms with Gasteiger partial charge in [-0.2, -0.15) is 0 Å². The lowest BCUT2D eigenvalue weighted by atomic mass is 9.33. The second-order valence-corrected chi connectivity index (χ2v) is 30.2. The number of rotatable bonds is 3. The van der Waals surface area contributed by atoms with Gasteiger partial charge in [0.2, 0.25) is 0 Å². The molecule has 0 spiro atoms. The van der Waals surface area contributed by atoms with Crippen LogP contribution in [0.1, 0.15) is 186 Å². The molecule has 4 heteroatoms. The van der Waals surface area contributed by atoms with E-state index in [1.807, 2.05) is 11.3 Å². The molecule has 13 rings (SSSR count). The Morgan fingerprint density at radius 1 is 0.440 bits per heavy atom. The maximum atomic E-state index is 2.78. The van der Waals surface area contributed by atoms with E-state index in [-0.39, 0.29) is 44.6 Å². The molecule has 7 aromatic carbocycles. The number of benzene rings is 7. The van der Waals surface area contributed by atoms with Gasteiger partial charge >= 0.3 is 0 Å². The molecule has 3 heterocycles. The van der Waals surface area contributed by atoms with Crippen LogP contribution in [0.15, 0.2) is 109 Å². The first-order chi connectivity index (χ1) is 35.1. The lowest BCUT2D eigenvalue weighted by molar-refractivity contribution is 0.332. The van der Waals surface area contributed by atoms with Crippen molar-refractivity contribution < 1.29 is 0 Å². The molecule has 0 amide bonds. The van der Waals surface area contributed by atoms with Gasteiger partial charge in [0.25, 0.3) is 6.71 Å². The van der Waals surface area contributed by atoms with Gasteiger partial charge in [0, 0.05) is 54.3 Å². The van der Waals surface area contributed by atoms with E-state index in [1.165, 1.54) is 158 Å². The first-order valence-corrected chi connectivity index (χ1v) is 29.2. The van der Waals surface area contributed by atoms with E-state index in [2.05, 4.69) is 237 Å². The molecular formula is C71H79BN2S. The number of hydrogen-bond donors (Lipinski definition) is 0. The predicted octanol–water partition coefficient (Wildman–Crippen LogP) is 18.4. The topological polar surface area (TPSA) is 6.48 Å². The lowest BCUT2D eigenvalue weighted by Gasteiger charge is -2.48. The highest BCUT2D eigenvalue weighted by Crippen LogP contribution is 2.56. The van der Waals surface area contributed by atoms with Crippen molar-refractivity contribution in [3.05, 3.63) is 159 Å². The summed E-state index contributed by atoms with van der Waals surface area (Å²) in [5, 5.41) is 2.71. The molecule has 2 nitrogen and oxygen atoms in total. The maximum Gasteiger partial charge on any atom is 0.252 e. The van der Waals surface area contributed by atoms with Gasteiger partial charge in [0.1, 0.15) is 0 Å². The highest BCUT2D eigenvalue weighted by Gasteiger charge is 2.50. The van der Waals surface area contributed by atoms with Gasteiger partial charge in [0.15, 0.2) is 0 Å². The molecule has 0 N–H and O–H groups in total. The molecule has 8 aromatic rings. The molecule has 5 aliphatic rings. The summed E-state index contributed by atoms with van der Waals surface area (Å²) in [5.74, 6) is 0. The molecule has 75 heavy (non-hydrogen) atoms. The molecule has 0 saturated carbocycles. The minimum absolute atomic E-state index is 0.00804. The fraction of sp³-hybridized carbons (Fsp3) is 0.408. The molecule has 0 unspecified atom stereocenters. The SMILES string of the molecule is Cc1cc2c(cc1N1c3ccc(-c4cccc5sc6ccccc6c45)cc3B3c4cc5c(cc4N(c4cc6c(cc4C)C(C)(C)CCC6(C)C)c4cc(C(C)(C)C)cc1c43)C(C)(C)CC5(C)C)C(C)(C)CCC2(C)C. The highest BCUT2D eigenvalue weighted by molar-refractivity contribution is 7.26. The van der Waals surface area contributed by atoms with Gasteiger partial charge in [-0.15, -0.1) is 11.3 Å². The van der Waals surface area contributed by atoms with E-state index in [0.29, 0.717) is 0 Å². The summed E-state index contributed by atoms with van der Waals surface area (Å²) in [5.41, 5.74) is 28.1. The van der Waals surface area contributed by atoms with Crippen LogP contribution in [0, 0.1) is 13.8 Å².